The zero-order valence-electron chi connectivity index (χ0n) is 11.4. The van der Waals surface area contributed by atoms with Crippen molar-refractivity contribution in [3.8, 4) is 0 Å². The van der Waals surface area contributed by atoms with E-state index in [4.69, 9.17) is 5.11 Å². The molecule has 2 aromatic heterocycles. The molecule has 0 saturated carbocycles. The van der Waals surface area contributed by atoms with Gasteiger partial charge in [0.2, 0.25) is 5.82 Å². The second-order valence-corrected chi connectivity index (χ2v) is 5.46. The van der Waals surface area contributed by atoms with Crippen LogP contribution in [0.3, 0.4) is 0 Å². The smallest absolute Gasteiger partial charge is 0.374 e. The second kappa shape index (κ2) is 5.49. The van der Waals surface area contributed by atoms with Gasteiger partial charge in [0.15, 0.2) is 0 Å². The Morgan fingerprint density at radius 3 is 2.81 bits per heavy atom. The van der Waals surface area contributed by atoms with Crippen LogP contribution in [-0.4, -0.2) is 28.1 Å². The lowest BCUT2D eigenvalue weighted by atomic mass is 10.2. The summed E-state index contributed by atoms with van der Waals surface area (Å²) in [7, 11) is 1.90. The molecule has 6 heteroatoms. The number of fused-ring (bicyclic) bond motifs is 1. The van der Waals surface area contributed by atoms with Crippen LogP contribution in [0.4, 0.5) is 5.82 Å². The average molecular weight is 299 g/mol. The summed E-state index contributed by atoms with van der Waals surface area (Å²) in [5, 5.41) is 14.1. The number of para-hydroxylation sites is 1. The van der Waals surface area contributed by atoms with Gasteiger partial charge in [-0.3, -0.25) is 0 Å². The van der Waals surface area contributed by atoms with Gasteiger partial charge in [-0.2, -0.15) is 11.3 Å². The van der Waals surface area contributed by atoms with Gasteiger partial charge in [0.25, 0.3) is 0 Å². The van der Waals surface area contributed by atoms with E-state index < -0.39 is 5.97 Å². The summed E-state index contributed by atoms with van der Waals surface area (Å²) >= 11 is 1.63. The van der Waals surface area contributed by atoms with Crippen molar-refractivity contribution in [1.82, 2.24) is 9.97 Å². The fraction of sp³-hybridized carbons (Fsp3) is 0.133. The fourth-order valence-electron chi connectivity index (χ4n) is 2.18. The Morgan fingerprint density at radius 1 is 1.29 bits per heavy atom. The third kappa shape index (κ3) is 2.71. The van der Waals surface area contributed by atoms with Crippen molar-refractivity contribution in [3.05, 3.63) is 52.5 Å². The zero-order valence-corrected chi connectivity index (χ0v) is 12.2. The van der Waals surface area contributed by atoms with E-state index in [1.807, 2.05) is 41.6 Å². The predicted molar refractivity (Wildman–Crippen MR) is 82.9 cm³/mol. The third-order valence-corrected chi connectivity index (χ3v) is 3.87. The molecule has 0 unspecified atom stereocenters. The summed E-state index contributed by atoms with van der Waals surface area (Å²) in [6, 6.07) is 9.48. The molecular weight excluding hydrogens is 286 g/mol. The van der Waals surface area contributed by atoms with E-state index in [2.05, 4.69) is 15.3 Å². The summed E-state index contributed by atoms with van der Waals surface area (Å²) in [5.74, 6) is -0.670. The molecule has 3 aromatic rings. The van der Waals surface area contributed by atoms with Crippen LogP contribution in [0.15, 0.2) is 41.1 Å². The highest BCUT2D eigenvalue weighted by Gasteiger charge is 2.15. The van der Waals surface area contributed by atoms with Crippen molar-refractivity contribution in [2.24, 2.45) is 0 Å². The number of nitrogens with zero attached hydrogens (tertiary/aromatic N) is 3. The fourth-order valence-corrected chi connectivity index (χ4v) is 2.84. The van der Waals surface area contributed by atoms with Crippen molar-refractivity contribution in [2.75, 3.05) is 11.9 Å². The normalized spacial score (nSPS) is 10.7. The van der Waals surface area contributed by atoms with E-state index in [9.17, 15) is 4.79 Å². The number of carboxylic acid groups (broad SMARTS) is 1. The van der Waals surface area contributed by atoms with Crippen LogP contribution in [0, 0.1) is 0 Å². The van der Waals surface area contributed by atoms with Crippen LogP contribution in [-0.2, 0) is 6.54 Å². The van der Waals surface area contributed by atoms with Crippen molar-refractivity contribution >= 4 is 34.0 Å². The van der Waals surface area contributed by atoms with Gasteiger partial charge in [-0.05, 0) is 34.5 Å². The lowest BCUT2D eigenvalue weighted by Crippen LogP contribution is -2.19. The first kappa shape index (κ1) is 13.5. The summed E-state index contributed by atoms with van der Waals surface area (Å²) < 4.78 is 0. The van der Waals surface area contributed by atoms with E-state index in [-0.39, 0.29) is 5.82 Å². The highest BCUT2D eigenvalue weighted by atomic mass is 32.1. The molecule has 2 heterocycles. The largest absolute Gasteiger partial charge is 0.475 e. The monoisotopic (exact) mass is 299 g/mol. The second-order valence-electron chi connectivity index (χ2n) is 4.68. The molecule has 0 saturated heterocycles. The van der Waals surface area contributed by atoms with Gasteiger partial charge in [0, 0.05) is 19.0 Å². The Labute approximate surface area is 125 Å². The number of carbonyl (C=O) groups is 1. The molecule has 0 aliphatic carbocycles. The lowest BCUT2D eigenvalue weighted by Gasteiger charge is -2.19. The number of thiophene rings is 1. The molecule has 21 heavy (non-hydrogen) atoms. The van der Waals surface area contributed by atoms with Gasteiger partial charge in [-0.1, -0.05) is 12.1 Å². The van der Waals surface area contributed by atoms with Crippen LogP contribution < -0.4 is 4.90 Å². The van der Waals surface area contributed by atoms with E-state index in [0.717, 1.165) is 5.39 Å². The van der Waals surface area contributed by atoms with Crippen LogP contribution in [0.2, 0.25) is 0 Å². The first-order valence-corrected chi connectivity index (χ1v) is 7.32. The molecule has 0 aliphatic rings. The molecule has 5 nitrogen and oxygen atoms in total. The Hall–Kier alpha value is -2.47. The van der Waals surface area contributed by atoms with Crippen LogP contribution in [0.25, 0.3) is 10.9 Å². The maximum Gasteiger partial charge on any atom is 0.374 e. The number of hydrogen-bond donors (Lipinski definition) is 1. The summed E-state index contributed by atoms with van der Waals surface area (Å²) in [5.41, 5.74) is 1.80. The van der Waals surface area contributed by atoms with Gasteiger partial charge in [-0.15, -0.1) is 0 Å². The van der Waals surface area contributed by atoms with Crippen molar-refractivity contribution in [3.63, 3.8) is 0 Å². The van der Waals surface area contributed by atoms with Gasteiger partial charge in [-0.25, -0.2) is 14.8 Å². The first-order valence-electron chi connectivity index (χ1n) is 6.37. The highest BCUT2D eigenvalue weighted by Crippen LogP contribution is 2.24. The molecule has 0 radical (unpaired) electrons. The molecule has 0 aliphatic heterocycles. The molecule has 106 valence electrons. The van der Waals surface area contributed by atoms with E-state index in [1.54, 1.807) is 17.4 Å². The summed E-state index contributed by atoms with van der Waals surface area (Å²) in [4.78, 5) is 21.4. The molecule has 1 N–H and O–H groups in total. The number of aromatic carboxylic acids is 1. The summed E-state index contributed by atoms with van der Waals surface area (Å²) in [6.45, 7) is 0.670. The van der Waals surface area contributed by atoms with E-state index in [0.29, 0.717) is 17.9 Å². The van der Waals surface area contributed by atoms with Crippen molar-refractivity contribution in [1.29, 1.82) is 0 Å². The Bertz CT molecular complexity index is 787. The highest BCUT2D eigenvalue weighted by molar-refractivity contribution is 7.07. The molecule has 0 bridgehead atoms. The maximum atomic E-state index is 11.2. The molecule has 1 aromatic carbocycles. The van der Waals surface area contributed by atoms with Gasteiger partial charge in [0.05, 0.1) is 5.52 Å². The minimum absolute atomic E-state index is 0.180. The number of hydrogen-bond acceptors (Lipinski definition) is 5. The van der Waals surface area contributed by atoms with Gasteiger partial charge >= 0.3 is 5.97 Å². The molecule has 0 spiro atoms. The van der Waals surface area contributed by atoms with Crippen LogP contribution in [0.1, 0.15) is 16.2 Å². The van der Waals surface area contributed by atoms with Gasteiger partial charge in [0.1, 0.15) is 5.82 Å². The number of benzene rings is 1. The van der Waals surface area contributed by atoms with Crippen molar-refractivity contribution in [2.45, 2.75) is 6.54 Å². The third-order valence-electron chi connectivity index (χ3n) is 3.14. The number of anilines is 1. The molecule has 3 rings (SSSR count). The molecule has 0 amide bonds. The van der Waals surface area contributed by atoms with Crippen LogP contribution >= 0.6 is 11.3 Å². The minimum atomic E-state index is -1.12. The first-order chi connectivity index (χ1) is 10.1. The summed E-state index contributed by atoms with van der Waals surface area (Å²) in [6.07, 6.45) is 0. The van der Waals surface area contributed by atoms with E-state index >= 15 is 0 Å². The van der Waals surface area contributed by atoms with Crippen LogP contribution in [0.5, 0.6) is 0 Å². The Kier molecular flexibility index (Phi) is 3.53. The van der Waals surface area contributed by atoms with Gasteiger partial charge < -0.3 is 10.0 Å². The SMILES string of the molecule is CN(Cc1ccsc1)c1nc(C(=O)O)nc2ccccc12. The number of carboxylic acids is 1. The quantitative estimate of drug-likeness (QED) is 0.802. The minimum Gasteiger partial charge on any atom is -0.475 e. The Balaban J connectivity index is 2.08. The average Bonchev–Trinajstić information content (AvgIpc) is 2.98. The zero-order chi connectivity index (χ0) is 14.8. The Morgan fingerprint density at radius 2 is 2.10 bits per heavy atom. The maximum absolute atomic E-state index is 11.2. The topological polar surface area (TPSA) is 66.3 Å². The van der Waals surface area contributed by atoms with E-state index in [1.165, 1.54) is 5.56 Å². The number of aromatic nitrogens is 2. The standard InChI is InChI=1S/C15H13N3O2S/c1-18(8-10-6-7-21-9-10)14-11-4-2-3-5-12(11)16-13(17-14)15(19)20/h2-7,9H,8H2,1H3,(H,19,20). The number of rotatable bonds is 4. The van der Waals surface area contributed by atoms with Crippen molar-refractivity contribution < 1.29 is 9.90 Å². The predicted octanol–water partition coefficient (Wildman–Crippen LogP) is 3.03. The lowest BCUT2D eigenvalue weighted by molar-refractivity contribution is 0.0684. The molecular formula is C15H13N3O2S. The molecule has 0 fully saturated rings. The molecule has 0 atom stereocenters.